The number of hydrogen-bond donors (Lipinski definition) is 1. The van der Waals surface area contributed by atoms with Crippen molar-refractivity contribution in [1.82, 2.24) is 9.71 Å². The van der Waals surface area contributed by atoms with E-state index in [0.29, 0.717) is 10.6 Å². The molecule has 0 saturated heterocycles. The fourth-order valence-corrected chi connectivity index (χ4v) is 2.55. The largest absolute Gasteiger partial charge is 0.262 e. The number of nitrogens with one attached hydrogen (secondary N) is 1. The first-order valence-corrected chi connectivity index (χ1v) is 6.01. The van der Waals surface area contributed by atoms with Gasteiger partial charge < -0.3 is 0 Å². The molecule has 76 valence electrons. The van der Waals surface area contributed by atoms with Gasteiger partial charge in [-0.1, -0.05) is 0 Å². The number of nitrogens with zero attached hydrogens (tertiary/aromatic N) is 1. The fourth-order valence-electron chi connectivity index (χ4n) is 1.18. The second-order valence-electron chi connectivity index (χ2n) is 3.53. The molecule has 0 spiro atoms. The van der Waals surface area contributed by atoms with Crippen LogP contribution in [0.1, 0.15) is 18.5 Å². The number of rotatable bonds is 3. The maximum absolute atomic E-state index is 11.7. The minimum absolute atomic E-state index is 0.147. The normalized spacial score (nSPS) is 16.9. The lowest BCUT2D eigenvalue weighted by molar-refractivity contribution is 0.580. The van der Waals surface area contributed by atoms with E-state index in [9.17, 15) is 8.42 Å². The molecule has 2 rings (SSSR count). The van der Waals surface area contributed by atoms with Crippen LogP contribution in [-0.4, -0.2) is 19.4 Å². The van der Waals surface area contributed by atoms with E-state index in [2.05, 4.69) is 9.71 Å². The maximum atomic E-state index is 11.7. The molecule has 0 radical (unpaired) electrons. The van der Waals surface area contributed by atoms with Crippen molar-refractivity contribution in [2.75, 3.05) is 0 Å². The Bertz CT molecular complexity index is 438. The first kappa shape index (κ1) is 9.61. The van der Waals surface area contributed by atoms with E-state index in [-0.39, 0.29) is 6.04 Å². The van der Waals surface area contributed by atoms with Gasteiger partial charge in [-0.05, 0) is 31.9 Å². The SMILES string of the molecule is Cc1cc(S(=O)(=O)NC2CC2)ccn1. The van der Waals surface area contributed by atoms with Gasteiger partial charge in [0.2, 0.25) is 10.0 Å². The number of pyridine rings is 1. The van der Waals surface area contributed by atoms with Gasteiger partial charge >= 0.3 is 0 Å². The minimum atomic E-state index is -3.31. The van der Waals surface area contributed by atoms with Crippen molar-refractivity contribution in [2.45, 2.75) is 30.7 Å². The smallest absolute Gasteiger partial charge is 0.240 e. The third-order valence-electron chi connectivity index (χ3n) is 2.08. The molecule has 0 bridgehead atoms. The molecule has 1 N–H and O–H groups in total. The Hall–Kier alpha value is -0.940. The first-order valence-electron chi connectivity index (χ1n) is 4.53. The molecule has 14 heavy (non-hydrogen) atoms. The van der Waals surface area contributed by atoms with Gasteiger partial charge in [0.15, 0.2) is 0 Å². The molecule has 1 aromatic rings. The Balaban J connectivity index is 2.28. The van der Waals surface area contributed by atoms with E-state index in [1.54, 1.807) is 13.0 Å². The fraction of sp³-hybridized carbons (Fsp3) is 0.444. The molecule has 1 aliphatic rings. The van der Waals surface area contributed by atoms with Gasteiger partial charge in [-0.3, -0.25) is 4.98 Å². The Kier molecular flexibility index (Phi) is 2.28. The zero-order valence-electron chi connectivity index (χ0n) is 7.90. The molecular weight excluding hydrogens is 200 g/mol. The monoisotopic (exact) mass is 212 g/mol. The Morgan fingerprint density at radius 3 is 2.79 bits per heavy atom. The Labute approximate surface area is 83.4 Å². The summed E-state index contributed by atoms with van der Waals surface area (Å²) in [7, 11) is -3.31. The average Bonchev–Trinajstić information content (AvgIpc) is 2.87. The van der Waals surface area contributed by atoms with Crippen LogP contribution in [0, 0.1) is 6.92 Å². The standard InChI is InChI=1S/C9H12N2O2S/c1-7-6-9(4-5-10-7)14(12,13)11-8-2-3-8/h4-6,8,11H,2-3H2,1H3. The van der Waals surface area contributed by atoms with Crippen LogP contribution in [0.4, 0.5) is 0 Å². The summed E-state index contributed by atoms with van der Waals surface area (Å²) in [6, 6.07) is 3.23. The van der Waals surface area contributed by atoms with Gasteiger partial charge in [0, 0.05) is 17.9 Å². The minimum Gasteiger partial charge on any atom is -0.262 e. The van der Waals surface area contributed by atoms with Gasteiger partial charge in [-0.25, -0.2) is 13.1 Å². The molecule has 0 amide bonds. The van der Waals surface area contributed by atoms with Crippen molar-refractivity contribution in [3.8, 4) is 0 Å². The first-order chi connectivity index (χ1) is 6.58. The Morgan fingerprint density at radius 2 is 2.21 bits per heavy atom. The van der Waals surface area contributed by atoms with Crippen molar-refractivity contribution >= 4 is 10.0 Å². The van der Waals surface area contributed by atoms with E-state index < -0.39 is 10.0 Å². The molecule has 0 unspecified atom stereocenters. The predicted molar refractivity (Wildman–Crippen MR) is 52.3 cm³/mol. The van der Waals surface area contributed by atoms with E-state index in [0.717, 1.165) is 12.8 Å². The summed E-state index contributed by atoms with van der Waals surface area (Å²) < 4.78 is 26.0. The lowest BCUT2D eigenvalue weighted by Crippen LogP contribution is -2.25. The van der Waals surface area contributed by atoms with Crippen molar-refractivity contribution in [2.24, 2.45) is 0 Å². The van der Waals surface area contributed by atoms with E-state index in [4.69, 9.17) is 0 Å². The summed E-state index contributed by atoms with van der Waals surface area (Å²) in [6.07, 6.45) is 3.41. The molecule has 0 atom stereocenters. The van der Waals surface area contributed by atoms with Crippen molar-refractivity contribution in [3.05, 3.63) is 24.0 Å². The molecular formula is C9H12N2O2S. The molecule has 1 fully saturated rings. The second-order valence-corrected chi connectivity index (χ2v) is 5.24. The Morgan fingerprint density at radius 1 is 1.50 bits per heavy atom. The lowest BCUT2D eigenvalue weighted by Gasteiger charge is -2.04. The predicted octanol–water partition coefficient (Wildman–Crippen LogP) is 0.831. The molecule has 1 aliphatic carbocycles. The molecule has 1 heterocycles. The van der Waals surface area contributed by atoms with Crippen LogP contribution in [0.15, 0.2) is 23.2 Å². The molecule has 5 heteroatoms. The summed E-state index contributed by atoms with van der Waals surface area (Å²) in [4.78, 5) is 4.26. The van der Waals surface area contributed by atoms with Crippen LogP contribution in [0.25, 0.3) is 0 Å². The highest BCUT2D eigenvalue weighted by Gasteiger charge is 2.27. The van der Waals surface area contributed by atoms with Crippen LogP contribution in [0.3, 0.4) is 0 Å². The molecule has 1 aromatic heterocycles. The van der Waals surface area contributed by atoms with Gasteiger partial charge in [-0.15, -0.1) is 0 Å². The highest BCUT2D eigenvalue weighted by atomic mass is 32.2. The topological polar surface area (TPSA) is 59.1 Å². The summed E-state index contributed by atoms with van der Waals surface area (Å²) in [5.41, 5.74) is 0.712. The zero-order valence-corrected chi connectivity index (χ0v) is 8.71. The quantitative estimate of drug-likeness (QED) is 0.807. The number of aryl methyl sites for hydroxylation is 1. The third-order valence-corrected chi connectivity index (χ3v) is 3.60. The van der Waals surface area contributed by atoms with Gasteiger partial charge in [-0.2, -0.15) is 0 Å². The van der Waals surface area contributed by atoms with Crippen LogP contribution >= 0.6 is 0 Å². The third kappa shape index (κ3) is 2.10. The summed E-state index contributed by atoms with van der Waals surface area (Å²) >= 11 is 0. The van der Waals surface area contributed by atoms with Gasteiger partial charge in [0.05, 0.1) is 4.90 Å². The van der Waals surface area contributed by atoms with Crippen LogP contribution in [0.5, 0.6) is 0 Å². The van der Waals surface area contributed by atoms with Crippen LogP contribution in [-0.2, 0) is 10.0 Å². The molecule has 1 saturated carbocycles. The number of aromatic nitrogens is 1. The lowest BCUT2D eigenvalue weighted by atomic mass is 10.4. The van der Waals surface area contributed by atoms with Gasteiger partial charge in [0.25, 0.3) is 0 Å². The van der Waals surface area contributed by atoms with E-state index in [1.165, 1.54) is 12.3 Å². The van der Waals surface area contributed by atoms with Crippen molar-refractivity contribution in [1.29, 1.82) is 0 Å². The van der Waals surface area contributed by atoms with E-state index >= 15 is 0 Å². The summed E-state index contributed by atoms with van der Waals surface area (Å²) in [6.45, 7) is 1.77. The number of sulfonamides is 1. The number of hydrogen-bond acceptors (Lipinski definition) is 3. The van der Waals surface area contributed by atoms with Crippen LogP contribution in [0.2, 0.25) is 0 Å². The molecule has 0 aliphatic heterocycles. The van der Waals surface area contributed by atoms with Gasteiger partial charge in [0.1, 0.15) is 0 Å². The molecule has 0 aromatic carbocycles. The van der Waals surface area contributed by atoms with E-state index in [1.807, 2.05) is 0 Å². The highest BCUT2D eigenvalue weighted by molar-refractivity contribution is 7.89. The second kappa shape index (κ2) is 3.33. The summed E-state index contributed by atoms with van der Waals surface area (Å²) in [5, 5.41) is 0. The van der Waals surface area contributed by atoms with Crippen LogP contribution < -0.4 is 4.72 Å². The highest BCUT2D eigenvalue weighted by Crippen LogP contribution is 2.22. The van der Waals surface area contributed by atoms with Crippen molar-refractivity contribution in [3.63, 3.8) is 0 Å². The zero-order chi connectivity index (χ0) is 10.2. The average molecular weight is 212 g/mol. The summed E-state index contributed by atoms with van der Waals surface area (Å²) in [5.74, 6) is 0. The van der Waals surface area contributed by atoms with Crippen molar-refractivity contribution < 1.29 is 8.42 Å². The molecule has 4 nitrogen and oxygen atoms in total. The maximum Gasteiger partial charge on any atom is 0.240 e.